The van der Waals surface area contributed by atoms with Gasteiger partial charge in [-0.05, 0) is 33.7 Å². The van der Waals surface area contributed by atoms with Gasteiger partial charge in [0.05, 0.1) is 12.1 Å². The molecule has 2 N–H and O–H groups in total. The Morgan fingerprint density at radius 3 is 2.38 bits per heavy atom. The summed E-state index contributed by atoms with van der Waals surface area (Å²) in [5.41, 5.74) is -0.630. The van der Waals surface area contributed by atoms with Gasteiger partial charge in [0.1, 0.15) is 0 Å². The fraction of sp³-hybridized carbons (Fsp3) is 0.818. The normalized spacial score (nSPS) is 15.8. The van der Waals surface area contributed by atoms with Crippen LogP contribution >= 0.6 is 0 Å². The van der Waals surface area contributed by atoms with E-state index >= 15 is 0 Å². The second kappa shape index (κ2) is 4.82. The lowest BCUT2D eigenvalue weighted by Gasteiger charge is -2.28. The number of rotatable bonds is 5. The Kier molecular flexibility index (Phi) is 3.91. The van der Waals surface area contributed by atoms with Crippen LogP contribution in [0.1, 0.15) is 26.7 Å². The molecule has 0 aliphatic heterocycles. The first-order valence-electron chi connectivity index (χ1n) is 5.60. The van der Waals surface area contributed by atoms with Gasteiger partial charge in [-0.1, -0.05) is 0 Å². The third-order valence-corrected chi connectivity index (χ3v) is 2.83. The molecule has 1 aliphatic rings. The van der Waals surface area contributed by atoms with Gasteiger partial charge in [0.15, 0.2) is 0 Å². The molecule has 1 fully saturated rings. The van der Waals surface area contributed by atoms with Crippen molar-refractivity contribution in [1.82, 2.24) is 15.5 Å². The summed E-state index contributed by atoms with van der Waals surface area (Å²) in [6.45, 7) is 3.72. The number of hydrogen-bond donors (Lipinski definition) is 2. The van der Waals surface area contributed by atoms with Gasteiger partial charge in [-0.3, -0.25) is 9.59 Å². The van der Waals surface area contributed by atoms with Crippen LogP contribution in [0.5, 0.6) is 0 Å². The number of carbonyl (C=O) groups excluding carboxylic acids is 2. The van der Waals surface area contributed by atoms with Crippen LogP contribution in [0, 0.1) is 0 Å². The molecule has 0 heterocycles. The maximum absolute atomic E-state index is 11.9. The van der Waals surface area contributed by atoms with Gasteiger partial charge >= 0.3 is 0 Å². The molecule has 92 valence electrons. The fourth-order valence-corrected chi connectivity index (χ4v) is 1.37. The number of nitrogens with zero attached hydrogens (tertiary/aromatic N) is 1. The highest BCUT2D eigenvalue weighted by molar-refractivity contribution is 5.89. The Hall–Kier alpha value is -1.10. The maximum atomic E-state index is 11.9. The second-order valence-corrected chi connectivity index (χ2v) is 4.88. The number of hydrogen-bond acceptors (Lipinski definition) is 3. The Labute approximate surface area is 96.6 Å². The standard InChI is InChI=1S/C11H21N3O2/c1-11(2,12-3)10(16)14(4)7-9(15)13-8-5-6-8/h8,12H,5-7H2,1-4H3,(H,13,15). The average molecular weight is 227 g/mol. The summed E-state index contributed by atoms with van der Waals surface area (Å²) in [6.07, 6.45) is 2.12. The van der Waals surface area contributed by atoms with Gasteiger partial charge in [0.2, 0.25) is 11.8 Å². The Morgan fingerprint density at radius 2 is 1.94 bits per heavy atom. The number of likely N-dealkylation sites (N-methyl/N-ethyl adjacent to an activating group) is 2. The molecule has 1 aliphatic carbocycles. The summed E-state index contributed by atoms with van der Waals surface area (Å²) < 4.78 is 0. The predicted molar refractivity (Wildman–Crippen MR) is 61.9 cm³/mol. The topological polar surface area (TPSA) is 61.4 Å². The van der Waals surface area contributed by atoms with Crippen molar-refractivity contribution in [3.63, 3.8) is 0 Å². The third-order valence-electron chi connectivity index (χ3n) is 2.83. The van der Waals surface area contributed by atoms with Crippen molar-refractivity contribution in [2.24, 2.45) is 0 Å². The van der Waals surface area contributed by atoms with Gasteiger partial charge in [0, 0.05) is 13.1 Å². The van der Waals surface area contributed by atoms with E-state index in [1.165, 1.54) is 4.90 Å². The van der Waals surface area contributed by atoms with E-state index in [0.29, 0.717) is 6.04 Å². The van der Waals surface area contributed by atoms with Crippen LogP contribution < -0.4 is 10.6 Å². The summed E-state index contributed by atoms with van der Waals surface area (Å²) >= 11 is 0. The molecule has 0 bridgehead atoms. The largest absolute Gasteiger partial charge is 0.352 e. The highest BCUT2D eigenvalue weighted by Gasteiger charge is 2.30. The molecule has 1 rings (SSSR count). The van der Waals surface area contributed by atoms with Crippen LogP contribution in [-0.2, 0) is 9.59 Å². The molecule has 16 heavy (non-hydrogen) atoms. The molecule has 2 amide bonds. The van der Waals surface area contributed by atoms with Crippen LogP contribution in [0.3, 0.4) is 0 Å². The first-order valence-corrected chi connectivity index (χ1v) is 5.60. The average Bonchev–Trinajstić information content (AvgIpc) is 3.00. The van der Waals surface area contributed by atoms with Crippen LogP contribution in [0.15, 0.2) is 0 Å². The second-order valence-electron chi connectivity index (χ2n) is 4.88. The first-order chi connectivity index (χ1) is 7.36. The van der Waals surface area contributed by atoms with Gasteiger partial charge in [0.25, 0.3) is 0 Å². The van der Waals surface area contributed by atoms with Crippen LogP contribution in [-0.4, -0.2) is 48.9 Å². The monoisotopic (exact) mass is 227 g/mol. The molecular formula is C11H21N3O2. The SMILES string of the molecule is CNC(C)(C)C(=O)N(C)CC(=O)NC1CC1. The predicted octanol–water partition coefficient (Wildman–Crippen LogP) is -0.279. The molecule has 5 nitrogen and oxygen atoms in total. The Bertz CT molecular complexity index is 285. The minimum atomic E-state index is -0.630. The van der Waals surface area contributed by atoms with E-state index in [4.69, 9.17) is 0 Å². The molecular weight excluding hydrogens is 206 g/mol. The zero-order valence-corrected chi connectivity index (χ0v) is 10.5. The summed E-state index contributed by atoms with van der Waals surface area (Å²) in [6, 6.07) is 0.341. The van der Waals surface area contributed by atoms with E-state index in [9.17, 15) is 9.59 Å². The lowest BCUT2D eigenvalue weighted by Crippen LogP contribution is -2.53. The van der Waals surface area contributed by atoms with Crippen molar-refractivity contribution in [2.75, 3.05) is 20.6 Å². The van der Waals surface area contributed by atoms with Gasteiger partial charge in [-0.2, -0.15) is 0 Å². The smallest absolute Gasteiger partial charge is 0.242 e. The number of amides is 2. The molecule has 0 saturated heterocycles. The number of nitrogens with one attached hydrogen (secondary N) is 2. The third kappa shape index (κ3) is 3.48. The Morgan fingerprint density at radius 1 is 1.38 bits per heavy atom. The molecule has 1 saturated carbocycles. The van der Waals surface area contributed by atoms with Crippen molar-refractivity contribution in [1.29, 1.82) is 0 Å². The first kappa shape index (κ1) is 13.0. The van der Waals surface area contributed by atoms with Crippen LogP contribution in [0.2, 0.25) is 0 Å². The molecule has 0 unspecified atom stereocenters. The molecule has 0 spiro atoms. The van der Waals surface area contributed by atoms with Crippen LogP contribution in [0.4, 0.5) is 0 Å². The van der Waals surface area contributed by atoms with Gasteiger partial charge in [-0.15, -0.1) is 0 Å². The molecule has 0 aromatic heterocycles. The minimum Gasteiger partial charge on any atom is -0.352 e. The molecule has 0 atom stereocenters. The quantitative estimate of drug-likeness (QED) is 0.679. The lowest BCUT2D eigenvalue weighted by molar-refractivity contribution is -0.139. The zero-order valence-electron chi connectivity index (χ0n) is 10.5. The van der Waals surface area contributed by atoms with Crippen LogP contribution in [0.25, 0.3) is 0 Å². The summed E-state index contributed by atoms with van der Waals surface area (Å²) in [4.78, 5) is 24.9. The van der Waals surface area contributed by atoms with Gasteiger partial charge in [-0.25, -0.2) is 0 Å². The van der Waals surface area contributed by atoms with E-state index in [-0.39, 0.29) is 18.4 Å². The van der Waals surface area contributed by atoms with Crippen molar-refractivity contribution in [3.05, 3.63) is 0 Å². The molecule has 0 radical (unpaired) electrons. The lowest BCUT2D eigenvalue weighted by atomic mass is 10.0. The summed E-state index contributed by atoms with van der Waals surface area (Å²) in [5.74, 6) is -0.161. The van der Waals surface area contributed by atoms with Crippen molar-refractivity contribution >= 4 is 11.8 Å². The van der Waals surface area contributed by atoms with Crippen molar-refractivity contribution in [2.45, 2.75) is 38.3 Å². The van der Waals surface area contributed by atoms with E-state index < -0.39 is 5.54 Å². The summed E-state index contributed by atoms with van der Waals surface area (Å²) in [5, 5.41) is 5.78. The van der Waals surface area contributed by atoms with E-state index in [1.54, 1.807) is 27.9 Å². The van der Waals surface area contributed by atoms with Gasteiger partial charge < -0.3 is 15.5 Å². The zero-order chi connectivity index (χ0) is 12.3. The van der Waals surface area contributed by atoms with E-state index in [1.807, 2.05) is 0 Å². The maximum Gasteiger partial charge on any atom is 0.242 e. The Balaban J connectivity index is 2.40. The van der Waals surface area contributed by atoms with Crippen molar-refractivity contribution in [3.8, 4) is 0 Å². The molecule has 0 aromatic rings. The van der Waals surface area contributed by atoms with Crippen molar-refractivity contribution < 1.29 is 9.59 Å². The van der Waals surface area contributed by atoms with E-state index in [2.05, 4.69) is 10.6 Å². The molecule has 5 heteroatoms. The minimum absolute atomic E-state index is 0.0785. The highest BCUT2D eigenvalue weighted by Crippen LogP contribution is 2.18. The molecule has 0 aromatic carbocycles. The highest BCUT2D eigenvalue weighted by atomic mass is 16.2. The fourth-order valence-electron chi connectivity index (χ4n) is 1.37. The number of carbonyl (C=O) groups is 2. The summed E-state index contributed by atoms with van der Waals surface area (Å²) in [7, 11) is 3.38. The van der Waals surface area contributed by atoms with E-state index in [0.717, 1.165) is 12.8 Å².